The second-order valence-corrected chi connectivity index (χ2v) is 7.35. The van der Waals surface area contributed by atoms with Crippen LogP contribution < -0.4 is 11.5 Å². The molecule has 0 heterocycles. The van der Waals surface area contributed by atoms with Crippen molar-refractivity contribution in [2.24, 2.45) is 16.9 Å². The molecule has 0 saturated heterocycles. The first kappa shape index (κ1) is 22.4. The minimum atomic E-state index is -0.838. The van der Waals surface area contributed by atoms with Gasteiger partial charge in [-0.15, -0.1) is 0 Å². The predicted octanol–water partition coefficient (Wildman–Crippen LogP) is 3.23. The average Bonchev–Trinajstić information content (AvgIpc) is 2.61. The fourth-order valence-corrected chi connectivity index (χ4v) is 3.48. The average molecular weight is 385 g/mol. The standard InChI is InChI=1S/C10H12ClNO2.C9H17NO2/c11-9-3-1-7(2-4-9)8(6-12)5-10(13)14;10-7-9(6-8(11)12)4-2-1-3-5-9/h1-4,8H,5-6,12H2,(H,13,14);1-7,10H2,(H,11,12). The number of nitrogens with two attached hydrogens (primary N) is 2. The fraction of sp³-hybridized carbons (Fsp3) is 0.579. The molecular formula is C19H29ClN2O4. The maximum Gasteiger partial charge on any atom is 0.304 e. The van der Waals surface area contributed by atoms with Crippen LogP contribution in [0.15, 0.2) is 24.3 Å². The topological polar surface area (TPSA) is 127 Å². The van der Waals surface area contributed by atoms with Gasteiger partial charge >= 0.3 is 11.9 Å². The third-order valence-electron chi connectivity index (χ3n) is 4.92. The maximum atomic E-state index is 10.6. The molecular weight excluding hydrogens is 356 g/mol. The Balaban J connectivity index is 0.000000263. The van der Waals surface area contributed by atoms with Crippen molar-refractivity contribution in [1.29, 1.82) is 0 Å². The number of benzene rings is 1. The van der Waals surface area contributed by atoms with Gasteiger partial charge in [-0.05, 0) is 49.0 Å². The Hall–Kier alpha value is -1.63. The van der Waals surface area contributed by atoms with E-state index in [4.69, 9.17) is 33.3 Å². The summed E-state index contributed by atoms with van der Waals surface area (Å²) in [5.41, 5.74) is 12.0. The summed E-state index contributed by atoms with van der Waals surface area (Å²) < 4.78 is 0. The van der Waals surface area contributed by atoms with Gasteiger partial charge in [0.15, 0.2) is 0 Å². The van der Waals surface area contributed by atoms with Crippen molar-refractivity contribution in [3.05, 3.63) is 34.9 Å². The summed E-state index contributed by atoms with van der Waals surface area (Å²) in [7, 11) is 0. The maximum absolute atomic E-state index is 10.6. The highest BCUT2D eigenvalue weighted by atomic mass is 35.5. The molecule has 1 aliphatic rings. The van der Waals surface area contributed by atoms with Crippen molar-refractivity contribution >= 4 is 23.5 Å². The second kappa shape index (κ2) is 11.2. The molecule has 1 aromatic carbocycles. The van der Waals surface area contributed by atoms with Gasteiger partial charge in [-0.25, -0.2) is 0 Å². The van der Waals surface area contributed by atoms with Crippen LogP contribution in [0.2, 0.25) is 5.02 Å². The molecule has 0 aromatic heterocycles. The third-order valence-corrected chi connectivity index (χ3v) is 5.17. The molecule has 0 spiro atoms. The van der Waals surface area contributed by atoms with Gasteiger partial charge in [-0.2, -0.15) is 0 Å². The van der Waals surface area contributed by atoms with Gasteiger partial charge in [-0.3, -0.25) is 9.59 Å². The molecule has 0 amide bonds. The van der Waals surface area contributed by atoms with Crippen LogP contribution in [0.3, 0.4) is 0 Å². The van der Waals surface area contributed by atoms with E-state index in [1.54, 1.807) is 12.1 Å². The largest absolute Gasteiger partial charge is 0.481 e. The lowest BCUT2D eigenvalue weighted by Crippen LogP contribution is -2.34. The third kappa shape index (κ3) is 7.72. The van der Waals surface area contributed by atoms with Crippen LogP contribution in [0.1, 0.15) is 56.4 Å². The molecule has 1 aromatic rings. The van der Waals surface area contributed by atoms with Crippen molar-refractivity contribution in [3.63, 3.8) is 0 Å². The molecule has 1 unspecified atom stereocenters. The van der Waals surface area contributed by atoms with Crippen LogP contribution in [-0.2, 0) is 9.59 Å². The van der Waals surface area contributed by atoms with Crippen molar-refractivity contribution in [1.82, 2.24) is 0 Å². The Kier molecular flexibility index (Phi) is 9.62. The lowest BCUT2D eigenvalue weighted by molar-refractivity contribution is -0.140. The van der Waals surface area contributed by atoms with E-state index in [1.165, 1.54) is 6.42 Å². The number of carboxylic acids is 2. The van der Waals surface area contributed by atoms with Gasteiger partial charge in [-0.1, -0.05) is 43.0 Å². The quantitative estimate of drug-likeness (QED) is 0.571. The van der Waals surface area contributed by atoms with Gasteiger partial charge in [0.2, 0.25) is 0 Å². The number of rotatable bonds is 7. The van der Waals surface area contributed by atoms with Crippen molar-refractivity contribution in [2.45, 2.75) is 50.9 Å². The van der Waals surface area contributed by atoms with Crippen LogP contribution in [0.5, 0.6) is 0 Å². The number of aliphatic carboxylic acids is 2. The van der Waals surface area contributed by atoms with Gasteiger partial charge in [0.1, 0.15) is 0 Å². The summed E-state index contributed by atoms with van der Waals surface area (Å²) in [6.07, 6.45) is 5.82. The molecule has 1 fully saturated rings. The number of carbonyl (C=O) groups is 2. The highest BCUT2D eigenvalue weighted by Crippen LogP contribution is 2.38. The molecule has 6 nitrogen and oxygen atoms in total. The van der Waals surface area contributed by atoms with E-state index >= 15 is 0 Å². The minimum absolute atomic E-state index is 0.0537. The van der Waals surface area contributed by atoms with Gasteiger partial charge in [0.05, 0.1) is 12.8 Å². The molecule has 146 valence electrons. The molecule has 6 N–H and O–H groups in total. The Labute approximate surface area is 159 Å². The smallest absolute Gasteiger partial charge is 0.304 e. The predicted molar refractivity (Wildman–Crippen MR) is 102 cm³/mol. The Morgan fingerprint density at radius 3 is 2.04 bits per heavy atom. The fourth-order valence-electron chi connectivity index (χ4n) is 3.36. The number of hydrogen-bond donors (Lipinski definition) is 4. The Morgan fingerprint density at radius 1 is 1.04 bits per heavy atom. The van der Waals surface area contributed by atoms with E-state index in [9.17, 15) is 9.59 Å². The number of halogens is 1. The summed E-state index contributed by atoms with van der Waals surface area (Å²) in [6.45, 7) is 0.854. The molecule has 0 bridgehead atoms. The van der Waals surface area contributed by atoms with Crippen LogP contribution in [-0.4, -0.2) is 35.2 Å². The number of carboxylic acid groups (broad SMARTS) is 2. The molecule has 0 radical (unpaired) electrons. The van der Waals surface area contributed by atoms with Crippen LogP contribution >= 0.6 is 11.6 Å². The first-order valence-electron chi connectivity index (χ1n) is 8.91. The lowest BCUT2D eigenvalue weighted by Gasteiger charge is -2.34. The van der Waals surface area contributed by atoms with E-state index in [0.717, 1.165) is 31.2 Å². The second-order valence-electron chi connectivity index (χ2n) is 6.92. The summed E-state index contributed by atoms with van der Waals surface area (Å²) in [5.74, 6) is -1.68. The van der Waals surface area contributed by atoms with Crippen molar-refractivity contribution < 1.29 is 19.8 Å². The summed E-state index contributed by atoms with van der Waals surface area (Å²) in [4.78, 5) is 21.1. The molecule has 1 atom stereocenters. The van der Waals surface area contributed by atoms with Crippen LogP contribution in [0, 0.1) is 5.41 Å². The minimum Gasteiger partial charge on any atom is -0.481 e. The van der Waals surface area contributed by atoms with E-state index < -0.39 is 11.9 Å². The molecule has 1 aliphatic carbocycles. The Morgan fingerprint density at radius 2 is 1.62 bits per heavy atom. The van der Waals surface area contributed by atoms with E-state index in [0.29, 0.717) is 18.1 Å². The van der Waals surface area contributed by atoms with E-state index in [1.807, 2.05) is 12.1 Å². The SMILES string of the molecule is NCC(CC(=O)O)c1ccc(Cl)cc1.NCC1(CC(=O)O)CCCCC1. The lowest BCUT2D eigenvalue weighted by atomic mass is 9.72. The Bertz CT molecular complexity index is 571. The number of hydrogen-bond acceptors (Lipinski definition) is 4. The zero-order valence-corrected chi connectivity index (χ0v) is 15.8. The summed E-state index contributed by atoms with van der Waals surface area (Å²) in [5, 5.41) is 18.0. The van der Waals surface area contributed by atoms with Gasteiger partial charge in [0, 0.05) is 10.9 Å². The molecule has 26 heavy (non-hydrogen) atoms. The zero-order valence-electron chi connectivity index (χ0n) is 15.0. The van der Waals surface area contributed by atoms with Gasteiger partial charge in [0.25, 0.3) is 0 Å². The monoisotopic (exact) mass is 384 g/mol. The normalized spacial score (nSPS) is 16.9. The molecule has 1 saturated carbocycles. The summed E-state index contributed by atoms with van der Waals surface area (Å²) >= 11 is 5.72. The first-order chi connectivity index (χ1) is 12.3. The van der Waals surface area contributed by atoms with E-state index in [2.05, 4.69) is 0 Å². The first-order valence-corrected chi connectivity index (χ1v) is 9.29. The summed E-state index contributed by atoms with van der Waals surface area (Å²) in [6, 6.07) is 7.09. The van der Waals surface area contributed by atoms with Crippen LogP contribution in [0.25, 0.3) is 0 Å². The molecule has 0 aliphatic heterocycles. The van der Waals surface area contributed by atoms with Crippen LogP contribution in [0.4, 0.5) is 0 Å². The highest BCUT2D eigenvalue weighted by Gasteiger charge is 2.32. The van der Waals surface area contributed by atoms with Crippen molar-refractivity contribution in [2.75, 3.05) is 13.1 Å². The highest BCUT2D eigenvalue weighted by molar-refractivity contribution is 6.30. The van der Waals surface area contributed by atoms with Gasteiger partial charge < -0.3 is 21.7 Å². The molecule has 7 heteroatoms. The van der Waals surface area contributed by atoms with Crippen molar-refractivity contribution in [3.8, 4) is 0 Å². The molecule has 2 rings (SSSR count). The zero-order chi connectivity index (χ0) is 19.6. The van der Waals surface area contributed by atoms with E-state index in [-0.39, 0.29) is 24.2 Å².